The summed E-state index contributed by atoms with van der Waals surface area (Å²) in [6.45, 7) is 2.84. The van der Waals surface area contributed by atoms with Crippen LogP contribution in [0.3, 0.4) is 0 Å². The van der Waals surface area contributed by atoms with E-state index >= 15 is 0 Å². The van der Waals surface area contributed by atoms with Crippen LogP contribution < -0.4 is 5.32 Å². The van der Waals surface area contributed by atoms with Crippen LogP contribution in [0, 0.1) is 0 Å². The molecule has 1 amide bonds. The van der Waals surface area contributed by atoms with E-state index in [4.69, 9.17) is 16.6 Å². The molecule has 0 unspecified atom stereocenters. The topological polar surface area (TPSA) is 45.2 Å². The summed E-state index contributed by atoms with van der Waals surface area (Å²) in [7, 11) is 0. The number of carbonyl (C=O) groups is 1. The summed E-state index contributed by atoms with van der Waals surface area (Å²) in [4.78, 5) is 19.4. The lowest BCUT2D eigenvalue weighted by molar-refractivity contribution is -0.122. The fraction of sp³-hybridized carbons (Fsp3) is 0.333. The van der Waals surface area contributed by atoms with Crippen LogP contribution in [0.1, 0.15) is 29.3 Å². The summed E-state index contributed by atoms with van der Waals surface area (Å²) in [5.41, 5.74) is 2.13. The maximum Gasteiger partial charge on any atom is 0.234 e. The molecule has 4 rings (SSSR count). The SMILES string of the molecule is O=C(CN1CCC[C@H](c2nc3ccccc3s2)C1)NCc1ccc(Cl)cc1. The molecule has 0 bridgehead atoms. The van der Waals surface area contributed by atoms with Crippen LogP contribution >= 0.6 is 22.9 Å². The van der Waals surface area contributed by atoms with Gasteiger partial charge in [0.1, 0.15) is 0 Å². The Kier molecular flexibility index (Phi) is 5.72. The van der Waals surface area contributed by atoms with Gasteiger partial charge in [-0.2, -0.15) is 0 Å². The lowest BCUT2D eigenvalue weighted by Gasteiger charge is -2.31. The second-order valence-corrected chi connectivity index (χ2v) is 8.50. The monoisotopic (exact) mass is 399 g/mol. The van der Waals surface area contributed by atoms with Crippen LogP contribution in [0.5, 0.6) is 0 Å². The lowest BCUT2D eigenvalue weighted by Crippen LogP contribution is -2.41. The van der Waals surface area contributed by atoms with Crippen LogP contribution in [0.4, 0.5) is 0 Å². The van der Waals surface area contributed by atoms with E-state index in [1.807, 2.05) is 30.3 Å². The van der Waals surface area contributed by atoms with Crippen molar-refractivity contribution < 1.29 is 4.79 Å². The molecule has 6 heteroatoms. The first-order valence-electron chi connectivity index (χ1n) is 9.26. The Morgan fingerprint density at radius 3 is 2.85 bits per heavy atom. The van der Waals surface area contributed by atoms with Crippen molar-refractivity contribution in [3.63, 3.8) is 0 Å². The van der Waals surface area contributed by atoms with E-state index in [0.29, 0.717) is 24.0 Å². The second kappa shape index (κ2) is 8.38. The number of halogens is 1. The summed E-state index contributed by atoms with van der Waals surface area (Å²) in [6.07, 6.45) is 2.24. The highest BCUT2D eigenvalue weighted by atomic mass is 35.5. The van der Waals surface area contributed by atoms with Crippen molar-refractivity contribution in [1.29, 1.82) is 0 Å². The number of aromatic nitrogens is 1. The Labute approximate surface area is 168 Å². The van der Waals surface area contributed by atoms with Gasteiger partial charge in [-0.05, 0) is 49.2 Å². The first-order valence-corrected chi connectivity index (χ1v) is 10.5. The number of thiazole rings is 1. The molecule has 1 aliphatic heterocycles. The largest absolute Gasteiger partial charge is 0.351 e. The van der Waals surface area contributed by atoms with E-state index in [2.05, 4.69) is 28.4 Å². The molecule has 0 saturated carbocycles. The maximum atomic E-state index is 12.3. The summed E-state index contributed by atoms with van der Waals surface area (Å²) in [5.74, 6) is 0.482. The molecular weight excluding hydrogens is 378 g/mol. The van der Waals surface area contributed by atoms with Crippen LogP contribution in [0.25, 0.3) is 10.2 Å². The highest BCUT2D eigenvalue weighted by molar-refractivity contribution is 7.18. The number of rotatable bonds is 5. The van der Waals surface area contributed by atoms with E-state index in [1.54, 1.807) is 11.3 Å². The van der Waals surface area contributed by atoms with Gasteiger partial charge in [-0.25, -0.2) is 4.98 Å². The molecule has 0 spiro atoms. The molecule has 4 nitrogen and oxygen atoms in total. The molecule has 2 heterocycles. The fourth-order valence-electron chi connectivity index (χ4n) is 3.53. The Hall–Kier alpha value is -1.95. The van der Waals surface area contributed by atoms with Gasteiger partial charge in [0.15, 0.2) is 0 Å². The van der Waals surface area contributed by atoms with Crippen LogP contribution in [-0.4, -0.2) is 35.4 Å². The minimum absolute atomic E-state index is 0.0647. The number of hydrogen-bond donors (Lipinski definition) is 1. The van der Waals surface area contributed by atoms with Gasteiger partial charge in [-0.1, -0.05) is 35.9 Å². The smallest absolute Gasteiger partial charge is 0.234 e. The third-order valence-electron chi connectivity index (χ3n) is 4.94. The minimum Gasteiger partial charge on any atom is -0.351 e. The van der Waals surface area contributed by atoms with Gasteiger partial charge < -0.3 is 5.32 Å². The zero-order valence-electron chi connectivity index (χ0n) is 15.0. The molecule has 27 heavy (non-hydrogen) atoms. The predicted octanol–water partition coefficient (Wildman–Crippen LogP) is 4.45. The van der Waals surface area contributed by atoms with Crippen molar-refractivity contribution in [2.45, 2.75) is 25.3 Å². The number of likely N-dealkylation sites (tertiary alicyclic amines) is 1. The highest BCUT2D eigenvalue weighted by Crippen LogP contribution is 2.32. The molecule has 3 aromatic rings. The molecule has 0 aliphatic carbocycles. The summed E-state index contributed by atoms with van der Waals surface area (Å²) >= 11 is 7.68. The van der Waals surface area contributed by atoms with Crippen molar-refractivity contribution in [2.75, 3.05) is 19.6 Å². The predicted molar refractivity (Wildman–Crippen MR) is 111 cm³/mol. The number of nitrogens with one attached hydrogen (secondary N) is 1. The molecule has 2 aromatic carbocycles. The lowest BCUT2D eigenvalue weighted by atomic mass is 9.99. The first kappa shape index (κ1) is 18.4. The van der Waals surface area contributed by atoms with E-state index in [0.717, 1.165) is 37.0 Å². The fourth-order valence-corrected chi connectivity index (χ4v) is 4.75. The number of carbonyl (C=O) groups excluding carboxylic acids is 1. The molecule has 1 fully saturated rings. The normalized spacial score (nSPS) is 17.9. The van der Waals surface area contributed by atoms with Gasteiger partial charge in [-0.3, -0.25) is 9.69 Å². The number of fused-ring (bicyclic) bond motifs is 1. The average Bonchev–Trinajstić information content (AvgIpc) is 3.12. The third-order valence-corrected chi connectivity index (χ3v) is 6.39. The van der Waals surface area contributed by atoms with Gasteiger partial charge in [0, 0.05) is 24.0 Å². The molecule has 140 valence electrons. The zero-order valence-corrected chi connectivity index (χ0v) is 16.6. The maximum absolute atomic E-state index is 12.3. The quantitative estimate of drug-likeness (QED) is 0.689. The Morgan fingerprint density at radius 1 is 1.22 bits per heavy atom. The molecule has 0 radical (unpaired) electrons. The Bertz CT molecular complexity index is 892. The zero-order chi connectivity index (χ0) is 18.6. The van der Waals surface area contributed by atoms with Crippen LogP contribution in [0.2, 0.25) is 5.02 Å². The van der Waals surface area contributed by atoms with E-state index in [1.165, 1.54) is 9.71 Å². The molecule has 1 aliphatic rings. The minimum atomic E-state index is 0.0647. The van der Waals surface area contributed by atoms with E-state index in [-0.39, 0.29) is 5.91 Å². The summed E-state index contributed by atoms with van der Waals surface area (Å²) < 4.78 is 1.24. The number of piperidine rings is 1. The second-order valence-electron chi connectivity index (χ2n) is 7.00. The van der Waals surface area contributed by atoms with E-state index in [9.17, 15) is 4.79 Å². The Morgan fingerprint density at radius 2 is 2.04 bits per heavy atom. The van der Waals surface area contributed by atoms with E-state index < -0.39 is 0 Å². The summed E-state index contributed by atoms with van der Waals surface area (Å²) in [5, 5.41) is 4.91. The summed E-state index contributed by atoms with van der Waals surface area (Å²) in [6, 6.07) is 15.8. The molecule has 1 N–H and O–H groups in total. The standard InChI is InChI=1S/C21H22ClN3OS/c22-17-9-7-15(8-10-17)12-23-20(26)14-25-11-3-4-16(13-25)21-24-18-5-1-2-6-19(18)27-21/h1-2,5-10,16H,3-4,11-14H2,(H,23,26)/t16-/m0/s1. The van der Waals surface area contributed by atoms with Crippen molar-refractivity contribution in [3.05, 3.63) is 64.1 Å². The third kappa shape index (κ3) is 4.67. The van der Waals surface area contributed by atoms with Gasteiger partial charge in [0.2, 0.25) is 5.91 Å². The van der Waals surface area contributed by atoms with Crippen molar-refractivity contribution in [1.82, 2.24) is 15.2 Å². The number of nitrogens with zero attached hydrogens (tertiary/aromatic N) is 2. The molecule has 1 atom stereocenters. The van der Waals surface area contributed by atoms with Gasteiger partial charge in [0.25, 0.3) is 0 Å². The van der Waals surface area contributed by atoms with Crippen LogP contribution in [-0.2, 0) is 11.3 Å². The van der Waals surface area contributed by atoms with Crippen molar-refractivity contribution in [3.8, 4) is 0 Å². The molecule has 1 aromatic heterocycles. The number of amides is 1. The van der Waals surface area contributed by atoms with Crippen LogP contribution in [0.15, 0.2) is 48.5 Å². The van der Waals surface area contributed by atoms with Crippen molar-refractivity contribution >= 4 is 39.1 Å². The van der Waals surface area contributed by atoms with Gasteiger partial charge >= 0.3 is 0 Å². The molecule has 1 saturated heterocycles. The highest BCUT2D eigenvalue weighted by Gasteiger charge is 2.25. The van der Waals surface area contributed by atoms with Gasteiger partial charge in [0.05, 0.1) is 21.8 Å². The number of para-hydroxylation sites is 1. The van der Waals surface area contributed by atoms with Gasteiger partial charge in [-0.15, -0.1) is 11.3 Å². The Balaban J connectivity index is 1.32. The average molecular weight is 400 g/mol. The number of hydrogen-bond acceptors (Lipinski definition) is 4. The molecular formula is C21H22ClN3OS. The first-order chi connectivity index (χ1) is 13.2. The van der Waals surface area contributed by atoms with Crippen molar-refractivity contribution in [2.24, 2.45) is 0 Å². The number of benzene rings is 2.